The Kier molecular flexibility index (Phi) is 10.1. The van der Waals surface area contributed by atoms with E-state index >= 15 is 0 Å². The maximum Gasteiger partial charge on any atom is 0.264 e. The van der Waals surface area contributed by atoms with Gasteiger partial charge in [0.2, 0.25) is 11.8 Å². The normalized spacial score (nSPS) is 12.2. The van der Waals surface area contributed by atoms with Gasteiger partial charge in [-0.25, -0.2) is 8.42 Å². The van der Waals surface area contributed by atoms with Gasteiger partial charge in [0.15, 0.2) is 0 Å². The summed E-state index contributed by atoms with van der Waals surface area (Å²) in [7, 11) is -4.07. The lowest BCUT2D eigenvalue weighted by Crippen LogP contribution is -2.51. The summed E-state index contributed by atoms with van der Waals surface area (Å²) in [6.45, 7) is 7.78. The minimum atomic E-state index is -4.07. The predicted octanol–water partition coefficient (Wildman–Crippen LogP) is 5.14. The zero-order chi connectivity index (χ0) is 27.9. The Bertz CT molecular complexity index is 1350. The summed E-state index contributed by atoms with van der Waals surface area (Å²) in [6.07, 6.45) is 0. The molecule has 0 saturated heterocycles. The van der Waals surface area contributed by atoms with Crippen molar-refractivity contribution in [3.63, 3.8) is 0 Å². The zero-order valence-corrected chi connectivity index (χ0v) is 24.5. The number of hydrogen-bond donors (Lipinski definition) is 1. The standard InChI is InChI=1S/C29H34BrN3O4S/c1-21(2)18-31-29(35)23(4)32(19-24-10-8-9-22(3)17-24)28(34)20-33(26-15-13-25(30)14-16-26)38(36,37)27-11-6-5-7-12-27/h5-17,21,23H,18-20H2,1-4H3,(H,31,35)/t23-/m0/s1. The molecule has 0 aliphatic rings. The van der Waals surface area contributed by atoms with Crippen LogP contribution in [0.4, 0.5) is 5.69 Å². The highest BCUT2D eigenvalue weighted by Crippen LogP contribution is 2.26. The van der Waals surface area contributed by atoms with Crippen LogP contribution in [0.25, 0.3) is 0 Å². The minimum Gasteiger partial charge on any atom is -0.354 e. The Morgan fingerprint density at radius 2 is 1.58 bits per heavy atom. The number of benzene rings is 3. The van der Waals surface area contributed by atoms with Crippen molar-refractivity contribution in [3.8, 4) is 0 Å². The summed E-state index contributed by atoms with van der Waals surface area (Å²) in [5, 5.41) is 2.89. The van der Waals surface area contributed by atoms with Crippen molar-refractivity contribution in [1.29, 1.82) is 0 Å². The smallest absolute Gasteiger partial charge is 0.264 e. The van der Waals surface area contributed by atoms with Gasteiger partial charge in [-0.15, -0.1) is 0 Å². The van der Waals surface area contributed by atoms with Crippen LogP contribution in [0.15, 0.2) is 88.2 Å². The maximum absolute atomic E-state index is 13.9. The Hall–Kier alpha value is -3.17. The fourth-order valence-electron chi connectivity index (χ4n) is 3.90. The van der Waals surface area contributed by atoms with Crippen LogP contribution in [-0.2, 0) is 26.2 Å². The third-order valence-corrected chi connectivity index (χ3v) is 8.33. The van der Waals surface area contributed by atoms with Crippen LogP contribution < -0.4 is 9.62 Å². The molecular formula is C29H34BrN3O4S. The number of rotatable bonds is 11. The Balaban J connectivity index is 1.99. The second-order valence-electron chi connectivity index (χ2n) is 9.63. The van der Waals surface area contributed by atoms with Gasteiger partial charge in [0, 0.05) is 17.6 Å². The van der Waals surface area contributed by atoms with Gasteiger partial charge >= 0.3 is 0 Å². The Morgan fingerprint density at radius 1 is 0.921 bits per heavy atom. The predicted molar refractivity (Wildman–Crippen MR) is 154 cm³/mol. The molecule has 0 heterocycles. The molecule has 38 heavy (non-hydrogen) atoms. The average Bonchev–Trinajstić information content (AvgIpc) is 2.89. The molecular weight excluding hydrogens is 566 g/mol. The molecule has 3 aromatic rings. The summed E-state index contributed by atoms with van der Waals surface area (Å²) in [5.74, 6) is -0.530. The Morgan fingerprint density at radius 3 is 2.18 bits per heavy atom. The van der Waals surface area contributed by atoms with Gasteiger partial charge in [0.1, 0.15) is 12.6 Å². The van der Waals surface area contributed by atoms with Crippen molar-refractivity contribution in [2.24, 2.45) is 5.92 Å². The molecule has 0 aromatic heterocycles. The number of nitrogens with zero attached hydrogens (tertiary/aromatic N) is 2. The molecule has 0 unspecified atom stereocenters. The van der Waals surface area contributed by atoms with E-state index in [0.29, 0.717) is 12.2 Å². The van der Waals surface area contributed by atoms with Crippen molar-refractivity contribution in [3.05, 3.63) is 94.5 Å². The summed E-state index contributed by atoms with van der Waals surface area (Å²) >= 11 is 3.38. The van der Waals surface area contributed by atoms with Crippen molar-refractivity contribution < 1.29 is 18.0 Å². The van der Waals surface area contributed by atoms with Gasteiger partial charge in [-0.2, -0.15) is 0 Å². The van der Waals surface area contributed by atoms with Gasteiger partial charge in [-0.1, -0.05) is 77.8 Å². The molecule has 9 heteroatoms. The summed E-state index contributed by atoms with van der Waals surface area (Å²) in [5.41, 5.74) is 2.22. The van der Waals surface area contributed by atoms with E-state index in [1.54, 1.807) is 49.4 Å². The number of hydrogen-bond acceptors (Lipinski definition) is 4. The van der Waals surface area contributed by atoms with Gasteiger partial charge in [-0.3, -0.25) is 13.9 Å². The zero-order valence-electron chi connectivity index (χ0n) is 22.1. The fraction of sp³-hybridized carbons (Fsp3) is 0.310. The largest absolute Gasteiger partial charge is 0.354 e. The second kappa shape index (κ2) is 13.1. The molecule has 3 rings (SSSR count). The van der Waals surface area contributed by atoms with E-state index in [4.69, 9.17) is 0 Å². The van der Waals surface area contributed by atoms with E-state index in [2.05, 4.69) is 21.2 Å². The molecule has 0 aliphatic heterocycles. The molecule has 202 valence electrons. The topological polar surface area (TPSA) is 86.8 Å². The number of carbonyl (C=O) groups is 2. The van der Waals surface area contributed by atoms with E-state index in [1.807, 2.05) is 45.0 Å². The van der Waals surface area contributed by atoms with E-state index in [0.717, 1.165) is 19.9 Å². The van der Waals surface area contributed by atoms with Crippen LogP contribution >= 0.6 is 15.9 Å². The highest BCUT2D eigenvalue weighted by atomic mass is 79.9. The third kappa shape index (κ3) is 7.68. The van der Waals surface area contributed by atoms with E-state index in [-0.39, 0.29) is 23.3 Å². The van der Waals surface area contributed by atoms with E-state index in [9.17, 15) is 18.0 Å². The summed E-state index contributed by atoms with van der Waals surface area (Å²) < 4.78 is 29.3. The van der Waals surface area contributed by atoms with Crippen LogP contribution in [0.5, 0.6) is 0 Å². The first-order valence-corrected chi connectivity index (χ1v) is 14.7. The van der Waals surface area contributed by atoms with Gasteiger partial charge in [0.05, 0.1) is 10.6 Å². The molecule has 3 aromatic carbocycles. The third-order valence-electron chi connectivity index (χ3n) is 6.01. The number of sulfonamides is 1. The highest BCUT2D eigenvalue weighted by molar-refractivity contribution is 9.10. The number of nitrogens with one attached hydrogen (secondary N) is 1. The van der Waals surface area contributed by atoms with Crippen LogP contribution in [-0.4, -0.2) is 44.3 Å². The van der Waals surface area contributed by atoms with Crippen LogP contribution in [0.2, 0.25) is 0 Å². The first-order valence-electron chi connectivity index (χ1n) is 12.4. The van der Waals surface area contributed by atoms with Crippen LogP contribution in [0.1, 0.15) is 31.9 Å². The molecule has 7 nitrogen and oxygen atoms in total. The lowest BCUT2D eigenvalue weighted by Gasteiger charge is -2.32. The molecule has 0 aliphatic carbocycles. The van der Waals surface area contributed by atoms with Crippen molar-refractivity contribution in [2.45, 2.75) is 45.2 Å². The molecule has 0 fully saturated rings. The van der Waals surface area contributed by atoms with E-state index < -0.39 is 28.5 Å². The number of carbonyl (C=O) groups excluding carboxylic acids is 2. The number of halogens is 1. The molecule has 0 spiro atoms. The first-order chi connectivity index (χ1) is 18.0. The number of aryl methyl sites for hydroxylation is 1. The molecule has 1 N–H and O–H groups in total. The average molecular weight is 601 g/mol. The van der Waals surface area contributed by atoms with Crippen molar-refractivity contribution in [2.75, 3.05) is 17.4 Å². The summed E-state index contributed by atoms with van der Waals surface area (Å²) in [6, 6.07) is 21.6. The molecule has 1 atom stereocenters. The van der Waals surface area contributed by atoms with Gasteiger partial charge in [0.25, 0.3) is 10.0 Å². The molecule has 2 amide bonds. The van der Waals surface area contributed by atoms with E-state index in [1.165, 1.54) is 17.0 Å². The molecule has 0 bridgehead atoms. The second-order valence-corrected chi connectivity index (χ2v) is 12.4. The number of amides is 2. The monoisotopic (exact) mass is 599 g/mol. The highest BCUT2D eigenvalue weighted by Gasteiger charge is 2.32. The maximum atomic E-state index is 13.9. The molecule has 0 saturated carbocycles. The number of anilines is 1. The first kappa shape index (κ1) is 29.4. The van der Waals surface area contributed by atoms with Gasteiger partial charge < -0.3 is 10.2 Å². The van der Waals surface area contributed by atoms with Crippen molar-refractivity contribution in [1.82, 2.24) is 10.2 Å². The van der Waals surface area contributed by atoms with Crippen molar-refractivity contribution >= 4 is 43.5 Å². The van der Waals surface area contributed by atoms with Crippen LogP contribution in [0.3, 0.4) is 0 Å². The summed E-state index contributed by atoms with van der Waals surface area (Å²) in [4.78, 5) is 28.4. The Labute approximate surface area is 234 Å². The minimum absolute atomic E-state index is 0.0728. The SMILES string of the molecule is Cc1cccc(CN(C(=O)CN(c2ccc(Br)cc2)S(=O)(=O)c2ccccc2)[C@@H](C)C(=O)NCC(C)C)c1. The molecule has 0 radical (unpaired) electrons. The van der Waals surface area contributed by atoms with Gasteiger partial charge in [-0.05, 0) is 61.7 Å². The fourth-order valence-corrected chi connectivity index (χ4v) is 5.60. The lowest BCUT2D eigenvalue weighted by molar-refractivity contribution is -0.139. The van der Waals surface area contributed by atoms with Crippen LogP contribution in [0, 0.1) is 12.8 Å². The quantitative estimate of drug-likeness (QED) is 0.330. The lowest BCUT2D eigenvalue weighted by atomic mass is 10.1.